The van der Waals surface area contributed by atoms with Gasteiger partial charge in [-0.2, -0.15) is 4.98 Å². The van der Waals surface area contributed by atoms with Crippen LogP contribution >= 0.6 is 0 Å². The lowest BCUT2D eigenvalue weighted by Gasteiger charge is -2.06. The molecular weight excluding hydrogens is 360 g/mol. The van der Waals surface area contributed by atoms with Crippen molar-refractivity contribution in [3.05, 3.63) is 66.1 Å². The highest BCUT2D eigenvalue weighted by Crippen LogP contribution is 2.27. The third-order valence-electron chi connectivity index (χ3n) is 3.90. The topological polar surface area (TPSA) is 91.5 Å². The normalized spacial score (nSPS) is 10.5. The molecule has 0 radical (unpaired) electrons. The lowest BCUT2D eigenvalue weighted by molar-refractivity contribution is -0.145. The number of hydrogen-bond acceptors (Lipinski definition) is 7. The van der Waals surface area contributed by atoms with Crippen LogP contribution in [0.4, 0.5) is 0 Å². The van der Waals surface area contributed by atoms with Crippen LogP contribution in [0, 0.1) is 0 Å². The van der Waals surface area contributed by atoms with Crippen LogP contribution in [0.1, 0.15) is 36.0 Å². The number of rotatable bonds is 9. The van der Waals surface area contributed by atoms with Crippen LogP contribution in [0.3, 0.4) is 0 Å². The zero-order chi connectivity index (χ0) is 19.8. The van der Waals surface area contributed by atoms with Gasteiger partial charge in [-0.1, -0.05) is 47.6 Å². The number of ether oxygens (including phenoxy) is 2. The van der Waals surface area contributed by atoms with E-state index < -0.39 is 5.97 Å². The van der Waals surface area contributed by atoms with Crippen molar-refractivity contribution in [2.75, 3.05) is 6.61 Å². The fourth-order valence-corrected chi connectivity index (χ4v) is 2.55. The van der Waals surface area contributed by atoms with Crippen molar-refractivity contribution in [2.45, 2.75) is 26.4 Å². The summed E-state index contributed by atoms with van der Waals surface area (Å²) in [7, 11) is 0. The molecule has 0 amide bonds. The van der Waals surface area contributed by atoms with Gasteiger partial charge in [0.05, 0.1) is 18.6 Å². The van der Waals surface area contributed by atoms with Gasteiger partial charge >= 0.3 is 5.97 Å². The summed E-state index contributed by atoms with van der Waals surface area (Å²) in [6.07, 6.45) is 0.0710. The van der Waals surface area contributed by atoms with E-state index in [-0.39, 0.29) is 31.1 Å². The third-order valence-corrected chi connectivity index (χ3v) is 3.90. The van der Waals surface area contributed by atoms with Crippen molar-refractivity contribution in [3.63, 3.8) is 0 Å². The Morgan fingerprint density at radius 2 is 1.75 bits per heavy atom. The SMILES string of the molecule is CCOc1ccccc1-c1noc(COC(=O)CCC(=O)c2ccccc2)n1. The Kier molecular flexibility index (Phi) is 6.51. The van der Waals surface area contributed by atoms with Crippen molar-refractivity contribution in [1.82, 2.24) is 10.1 Å². The summed E-state index contributed by atoms with van der Waals surface area (Å²) in [5, 5.41) is 3.91. The molecule has 0 fully saturated rings. The first-order chi connectivity index (χ1) is 13.7. The molecule has 3 rings (SSSR count). The predicted octanol–water partition coefficient (Wildman–Crippen LogP) is 3.84. The summed E-state index contributed by atoms with van der Waals surface area (Å²) in [5.41, 5.74) is 1.27. The number of para-hydroxylation sites is 1. The molecular formula is C21H20N2O5. The predicted molar refractivity (Wildman–Crippen MR) is 101 cm³/mol. The van der Waals surface area contributed by atoms with Crippen molar-refractivity contribution >= 4 is 11.8 Å². The summed E-state index contributed by atoms with van der Waals surface area (Å²) in [6.45, 7) is 2.25. The molecule has 0 aliphatic rings. The van der Waals surface area contributed by atoms with E-state index in [9.17, 15) is 9.59 Å². The van der Waals surface area contributed by atoms with E-state index in [0.717, 1.165) is 0 Å². The molecule has 1 aromatic heterocycles. The summed E-state index contributed by atoms with van der Waals surface area (Å²) >= 11 is 0. The molecule has 0 saturated carbocycles. The van der Waals surface area contributed by atoms with Crippen LogP contribution in [0.2, 0.25) is 0 Å². The van der Waals surface area contributed by atoms with E-state index >= 15 is 0 Å². The molecule has 0 bridgehead atoms. The van der Waals surface area contributed by atoms with E-state index in [4.69, 9.17) is 14.0 Å². The maximum atomic E-state index is 12.0. The van der Waals surface area contributed by atoms with E-state index in [2.05, 4.69) is 10.1 Å². The van der Waals surface area contributed by atoms with Crippen LogP contribution in [0.5, 0.6) is 5.75 Å². The molecule has 0 aliphatic heterocycles. The minimum atomic E-state index is -0.501. The van der Waals surface area contributed by atoms with E-state index in [1.54, 1.807) is 24.3 Å². The second kappa shape index (κ2) is 9.45. The van der Waals surface area contributed by atoms with E-state index in [1.807, 2.05) is 37.3 Å². The van der Waals surface area contributed by atoms with Crippen molar-refractivity contribution in [3.8, 4) is 17.1 Å². The molecule has 144 valence electrons. The molecule has 0 N–H and O–H groups in total. The number of nitrogens with zero attached hydrogens (tertiary/aromatic N) is 2. The Balaban J connectivity index is 1.52. The molecule has 0 unspecified atom stereocenters. The zero-order valence-corrected chi connectivity index (χ0v) is 15.5. The molecule has 1 heterocycles. The lowest BCUT2D eigenvalue weighted by atomic mass is 10.1. The maximum absolute atomic E-state index is 12.0. The summed E-state index contributed by atoms with van der Waals surface area (Å²) in [5.74, 6) is 0.566. The quantitative estimate of drug-likeness (QED) is 0.411. The molecule has 0 aliphatic carbocycles. The first-order valence-electron chi connectivity index (χ1n) is 8.96. The van der Waals surface area contributed by atoms with Crippen molar-refractivity contribution < 1.29 is 23.6 Å². The van der Waals surface area contributed by atoms with Gasteiger partial charge in [0.1, 0.15) is 5.75 Å². The summed E-state index contributed by atoms with van der Waals surface area (Å²) in [6, 6.07) is 16.2. The molecule has 0 spiro atoms. The van der Waals surface area contributed by atoms with Gasteiger partial charge in [0.2, 0.25) is 5.82 Å². The number of carbonyl (C=O) groups is 2. The second-order valence-electron chi connectivity index (χ2n) is 5.89. The highest BCUT2D eigenvalue weighted by Gasteiger charge is 2.15. The minimum Gasteiger partial charge on any atom is -0.493 e. The van der Waals surface area contributed by atoms with E-state index in [0.29, 0.717) is 29.3 Å². The first kappa shape index (κ1) is 19.3. The standard InChI is InChI=1S/C21H20N2O5/c1-2-26-18-11-7-6-10-16(18)21-22-19(28-23-21)14-27-20(25)13-12-17(24)15-8-4-3-5-9-15/h3-11H,2,12-14H2,1H3. The number of Topliss-reactive ketones (excluding diaryl/α,β-unsaturated/α-hetero) is 1. The highest BCUT2D eigenvalue weighted by atomic mass is 16.6. The number of benzene rings is 2. The van der Waals surface area contributed by atoms with Gasteiger partial charge in [0.15, 0.2) is 12.4 Å². The molecule has 3 aromatic rings. The Bertz CT molecular complexity index is 937. The van der Waals surface area contributed by atoms with Crippen LogP contribution in [0.15, 0.2) is 59.1 Å². The number of aromatic nitrogens is 2. The Hall–Kier alpha value is -3.48. The molecule has 7 heteroatoms. The maximum Gasteiger partial charge on any atom is 0.306 e. The molecule has 2 aromatic carbocycles. The van der Waals surface area contributed by atoms with Gasteiger partial charge in [-0.05, 0) is 19.1 Å². The number of esters is 1. The molecule has 0 saturated heterocycles. The van der Waals surface area contributed by atoms with Gasteiger partial charge in [0.25, 0.3) is 5.89 Å². The van der Waals surface area contributed by atoms with E-state index in [1.165, 1.54) is 0 Å². The molecule has 28 heavy (non-hydrogen) atoms. The fourth-order valence-electron chi connectivity index (χ4n) is 2.55. The van der Waals surface area contributed by atoms with Gasteiger partial charge in [-0.3, -0.25) is 9.59 Å². The van der Waals surface area contributed by atoms with Gasteiger partial charge in [0, 0.05) is 12.0 Å². The van der Waals surface area contributed by atoms with Gasteiger partial charge in [-0.25, -0.2) is 0 Å². The monoisotopic (exact) mass is 380 g/mol. The Morgan fingerprint density at radius 3 is 2.54 bits per heavy atom. The number of hydrogen-bond donors (Lipinski definition) is 0. The number of carbonyl (C=O) groups excluding carboxylic acids is 2. The third kappa shape index (κ3) is 5.03. The average Bonchev–Trinajstić information content (AvgIpc) is 3.20. The largest absolute Gasteiger partial charge is 0.493 e. The highest BCUT2D eigenvalue weighted by molar-refractivity contribution is 5.97. The second-order valence-corrected chi connectivity index (χ2v) is 5.89. The van der Waals surface area contributed by atoms with Gasteiger partial charge in [-0.15, -0.1) is 0 Å². The average molecular weight is 380 g/mol. The fraction of sp³-hybridized carbons (Fsp3) is 0.238. The van der Waals surface area contributed by atoms with Crippen molar-refractivity contribution in [2.24, 2.45) is 0 Å². The summed E-state index contributed by atoms with van der Waals surface area (Å²) < 4.78 is 15.8. The van der Waals surface area contributed by atoms with Crippen LogP contribution in [0.25, 0.3) is 11.4 Å². The Morgan fingerprint density at radius 1 is 1.00 bits per heavy atom. The van der Waals surface area contributed by atoms with Crippen LogP contribution in [-0.2, 0) is 16.1 Å². The molecule has 7 nitrogen and oxygen atoms in total. The number of ketones is 1. The lowest BCUT2D eigenvalue weighted by Crippen LogP contribution is -2.08. The zero-order valence-electron chi connectivity index (χ0n) is 15.5. The smallest absolute Gasteiger partial charge is 0.306 e. The van der Waals surface area contributed by atoms with Gasteiger partial charge < -0.3 is 14.0 Å². The van der Waals surface area contributed by atoms with Crippen molar-refractivity contribution in [1.29, 1.82) is 0 Å². The molecule has 0 atom stereocenters. The summed E-state index contributed by atoms with van der Waals surface area (Å²) in [4.78, 5) is 28.1. The first-order valence-corrected chi connectivity index (χ1v) is 8.96. The Labute approximate surface area is 162 Å². The van der Waals surface area contributed by atoms with Crippen LogP contribution in [-0.4, -0.2) is 28.5 Å². The minimum absolute atomic E-state index is 0.0120. The van der Waals surface area contributed by atoms with Crippen LogP contribution < -0.4 is 4.74 Å².